The number of benzene rings is 1. The number of Topliss-reactive ketones (excluding diaryl/α,β-unsaturated/α-hetero) is 1. The lowest BCUT2D eigenvalue weighted by Crippen LogP contribution is -2.16. The van der Waals surface area contributed by atoms with E-state index in [4.69, 9.17) is 4.74 Å². The highest BCUT2D eigenvalue weighted by atomic mass is 16.5. The lowest BCUT2D eigenvalue weighted by Gasteiger charge is -2.15. The number of rotatable bonds is 8. The lowest BCUT2D eigenvalue weighted by molar-refractivity contribution is -0.122. The van der Waals surface area contributed by atoms with Crippen molar-refractivity contribution in [3.05, 3.63) is 29.3 Å². The topological polar surface area (TPSA) is 26.3 Å². The van der Waals surface area contributed by atoms with Gasteiger partial charge in [0.2, 0.25) is 0 Å². The Bertz CT molecular complexity index is 410. The SMILES string of the molecule is CCCCC(CC)C(=O)Cc1cc(C)ccc1OC. The molecule has 0 aromatic heterocycles. The third-order valence-electron chi connectivity index (χ3n) is 3.65. The Morgan fingerprint density at radius 2 is 2.05 bits per heavy atom. The zero-order valence-electron chi connectivity index (χ0n) is 12.7. The largest absolute Gasteiger partial charge is 0.496 e. The number of carbonyl (C=O) groups is 1. The predicted molar refractivity (Wildman–Crippen MR) is 79.7 cm³/mol. The molecule has 1 unspecified atom stereocenters. The molecule has 1 aromatic rings. The van der Waals surface area contributed by atoms with Gasteiger partial charge in [-0.15, -0.1) is 0 Å². The van der Waals surface area contributed by atoms with Crippen molar-refractivity contribution < 1.29 is 9.53 Å². The van der Waals surface area contributed by atoms with Crippen molar-refractivity contribution in [2.45, 2.75) is 52.9 Å². The van der Waals surface area contributed by atoms with Crippen molar-refractivity contribution in [3.8, 4) is 5.75 Å². The Morgan fingerprint density at radius 3 is 2.63 bits per heavy atom. The first-order chi connectivity index (χ1) is 9.12. The molecule has 1 aromatic carbocycles. The molecule has 0 N–H and O–H groups in total. The number of ether oxygens (including phenoxy) is 1. The molecule has 0 fully saturated rings. The maximum absolute atomic E-state index is 12.4. The average molecular weight is 262 g/mol. The van der Waals surface area contributed by atoms with Gasteiger partial charge in [0.1, 0.15) is 11.5 Å². The number of hydrogen-bond donors (Lipinski definition) is 0. The minimum absolute atomic E-state index is 0.199. The third-order valence-corrected chi connectivity index (χ3v) is 3.65. The fraction of sp³-hybridized carbons (Fsp3) is 0.588. The fourth-order valence-electron chi connectivity index (χ4n) is 2.42. The summed E-state index contributed by atoms with van der Waals surface area (Å²) in [6.07, 6.45) is 4.73. The van der Waals surface area contributed by atoms with E-state index in [0.29, 0.717) is 12.2 Å². The Morgan fingerprint density at radius 1 is 1.32 bits per heavy atom. The lowest BCUT2D eigenvalue weighted by atomic mass is 9.90. The predicted octanol–water partition coefficient (Wildman–Crippen LogP) is 4.33. The van der Waals surface area contributed by atoms with Crippen LogP contribution in [0.3, 0.4) is 0 Å². The summed E-state index contributed by atoms with van der Waals surface area (Å²) < 4.78 is 5.34. The number of hydrogen-bond acceptors (Lipinski definition) is 2. The summed E-state index contributed by atoms with van der Waals surface area (Å²) >= 11 is 0. The molecule has 0 radical (unpaired) electrons. The van der Waals surface area contributed by atoms with Crippen LogP contribution in [0.1, 0.15) is 50.7 Å². The van der Waals surface area contributed by atoms with Crippen LogP contribution >= 0.6 is 0 Å². The summed E-state index contributed by atoms with van der Waals surface area (Å²) in [5, 5.41) is 0. The van der Waals surface area contributed by atoms with Gasteiger partial charge in [0.15, 0.2) is 0 Å². The second-order valence-electron chi connectivity index (χ2n) is 5.21. The van der Waals surface area contributed by atoms with Crippen LogP contribution in [-0.4, -0.2) is 12.9 Å². The van der Waals surface area contributed by atoms with Crippen LogP contribution in [0.25, 0.3) is 0 Å². The van der Waals surface area contributed by atoms with E-state index in [9.17, 15) is 4.79 Å². The number of aryl methyl sites for hydroxylation is 1. The molecular weight excluding hydrogens is 236 g/mol. The highest BCUT2D eigenvalue weighted by molar-refractivity contribution is 5.83. The van der Waals surface area contributed by atoms with Crippen molar-refractivity contribution in [3.63, 3.8) is 0 Å². The summed E-state index contributed by atoms with van der Waals surface area (Å²) in [6.45, 7) is 6.31. The summed E-state index contributed by atoms with van der Waals surface area (Å²) in [5.41, 5.74) is 2.19. The van der Waals surface area contributed by atoms with E-state index in [1.165, 1.54) is 5.56 Å². The molecular formula is C17H26O2. The molecule has 0 amide bonds. The molecule has 0 saturated carbocycles. The maximum atomic E-state index is 12.4. The van der Waals surface area contributed by atoms with Crippen molar-refractivity contribution in [1.82, 2.24) is 0 Å². The fourth-order valence-corrected chi connectivity index (χ4v) is 2.42. The Balaban J connectivity index is 2.77. The maximum Gasteiger partial charge on any atom is 0.140 e. The van der Waals surface area contributed by atoms with E-state index in [1.807, 2.05) is 19.1 Å². The van der Waals surface area contributed by atoms with E-state index in [-0.39, 0.29) is 5.92 Å². The molecule has 0 heterocycles. The van der Waals surface area contributed by atoms with Gasteiger partial charge in [-0.3, -0.25) is 4.79 Å². The monoisotopic (exact) mass is 262 g/mol. The number of ketones is 1. The summed E-state index contributed by atoms with van der Waals surface area (Å²) in [4.78, 5) is 12.4. The number of carbonyl (C=O) groups excluding carboxylic acids is 1. The molecule has 2 heteroatoms. The van der Waals surface area contributed by atoms with Crippen molar-refractivity contribution in [2.24, 2.45) is 5.92 Å². The molecule has 0 aliphatic heterocycles. The Kier molecular flexibility index (Phi) is 6.61. The molecule has 19 heavy (non-hydrogen) atoms. The van der Waals surface area contributed by atoms with E-state index >= 15 is 0 Å². The van der Waals surface area contributed by atoms with E-state index < -0.39 is 0 Å². The summed E-state index contributed by atoms with van der Waals surface area (Å²) in [6, 6.07) is 6.02. The number of unbranched alkanes of at least 4 members (excludes halogenated alkanes) is 1. The van der Waals surface area contributed by atoms with E-state index in [1.54, 1.807) is 7.11 Å². The van der Waals surface area contributed by atoms with E-state index in [2.05, 4.69) is 19.9 Å². The van der Waals surface area contributed by atoms with Gasteiger partial charge in [0.25, 0.3) is 0 Å². The zero-order chi connectivity index (χ0) is 14.3. The van der Waals surface area contributed by atoms with Crippen molar-refractivity contribution in [1.29, 1.82) is 0 Å². The highest BCUT2D eigenvalue weighted by Crippen LogP contribution is 2.23. The molecule has 2 nitrogen and oxygen atoms in total. The Hall–Kier alpha value is -1.31. The van der Waals surface area contributed by atoms with Crippen LogP contribution in [0.15, 0.2) is 18.2 Å². The van der Waals surface area contributed by atoms with Gasteiger partial charge in [0, 0.05) is 17.9 Å². The van der Waals surface area contributed by atoms with Gasteiger partial charge in [-0.25, -0.2) is 0 Å². The van der Waals surface area contributed by atoms with Gasteiger partial charge in [-0.05, 0) is 25.8 Å². The summed E-state index contributed by atoms with van der Waals surface area (Å²) in [5.74, 6) is 1.37. The molecule has 0 spiro atoms. The molecule has 1 atom stereocenters. The van der Waals surface area contributed by atoms with Gasteiger partial charge in [-0.1, -0.05) is 44.4 Å². The molecule has 1 rings (SSSR count). The second kappa shape index (κ2) is 7.98. The third kappa shape index (κ3) is 4.70. The quantitative estimate of drug-likeness (QED) is 0.697. The van der Waals surface area contributed by atoms with Gasteiger partial charge < -0.3 is 4.74 Å². The average Bonchev–Trinajstić information content (AvgIpc) is 2.40. The minimum Gasteiger partial charge on any atom is -0.496 e. The van der Waals surface area contributed by atoms with Gasteiger partial charge in [-0.2, -0.15) is 0 Å². The van der Waals surface area contributed by atoms with Gasteiger partial charge >= 0.3 is 0 Å². The zero-order valence-corrected chi connectivity index (χ0v) is 12.7. The standard InChI is InChI=1S/C17H26O2/c1-5-7-8-14(6-2)16(18)12-15-11-13(3)9-10-17(15)19-4/h9-11,14H,5-8,12H2,1-4H3. The summed E-state index contributed by atoms with van der Waals surface area (Å²) in [7, 11) is 1.66. The molecule has 106 valence electrons. The first kappa shape index (κ1) is 15.7. The van der Waals surface area contributed by atoms with Crippen LogP contribution in [0.5, 0.6) is 5.75 Å². The normalized spacial score (nSPS) is 12.2. The highest BCUT2D eigenvalue weighted by Gasteiger charge is 2.17. The first-order valence-electron chi connectivity index (χ1n) is 7.28. The molecule has 0 aliphatic carbocycles. The molecule has 0 aliphatic rings. The minimum atomic E-state index is 0.199. The van der Waals surface area contributed by atoms with Crippen molar-refractivity contribution in [2.75, 3.05) is 7.11 Å². The second-order valence-corrected chi connectivity index (χ2v) is 5.21. The van der Waals surface area contributed by atoms with Gasteiger partial charge in [0.05, 0.1) is 7.11 Å². The van der Waals surface area contributed by atoms with Crippen LogP contribution in [-0.2, 0) is 11.2 Å². The Labute approximate surface area is 117 Å². The van der Waals surface area contributed by atoms with Crippen molar-refractivity contribution >= 4 is 5.78 Å². The van der Waals surface area contributed by atoms with Crippen LogP contribution < -0.4 is 4.74 Å². The number of methoxy groups -OCH3 is 1. The van der Waals surface area contributed by atoms with E-state index in [0.717, 1.165) is 37.0 Å². The van der Waals surface area contributed by atoms with Crippen LogP contribution in [0.4, 0.5) is 0 Å². The first-order valence-corrected chi connectivity index (χ1v) is 7.28. The molecule has 0 bridgehead atoms. The van der Waals surface area contributed by atoms with Crippen LogP contribution in [0, 0.1) is 12.8 Å². The van der Waals surface area contributed by atoms with Crippen LogP contribution in [0.2, 0.25) is 0 Å². The smallest absolute Gasteiger partial charge is 0.140 e. The molecule has 0 saturated heterocycles.